The number of aromatic nitrogens is 2. The van der Waals surface area contributed by atoms with Crippen LogP contribution >= 0.6 is 8.25 Å². The number of benzene rings is 2. The van der Waals surface area contributed by atoms with Crippen molar-refractivity contribution in [3.63, 3.8) is 0 Å². The summed E-state index contributed by atoms with van der Waals surface area (Å²) >= 11 is 0. The van der Waals surface area contributed by atoms with E-state index in [9.17, 15) is 19.5 Å². The molecule has 9 nitrogen and oxygen atoms in total. The molecule has 2 aromatic carbocycles. The summed E-state index contributed by atoms with van der Waals surface area (Å²) in [6.07, 6.45) is 1.50. The highest BCUT2D eigenvalue weighted by Crippen LogP contribution is 2.32. The molecule has 0 aliphatic heterocycles. The maximum Gasteiger partial charge on any atom is 0.418 e. The number of carbonyl (C=O) groups excluding carboxylic acids is 1. The van der Waals surface area contributed by atoms with Gasteiger partial charge in [0, 0.05) is 24.4 Å². The Balaban J connectivity index is 1.71. The third kappa shape index (κ3) is 3.67. The highest BCUT2D eigenvalue weighted by atomic mass is 31.1. The Kier molecular flexibility index (Phi) is 4.49. The number of non-ortho nitro benzene ring substituents is 1. The number of hydrogen-bond acceptors (Lipinski definition) is 7. The molecule has 128 valence electrons. The maximum absolute atomic E-state index is 12.0. The molecule has 0 spiro atoms. The van der Waals surface area contributed by atoms with E-state index in [0.29, 0.717) is 16.7 Å². The van der Waals surface area contributed by atoms with Gasteiger partial charge in [-0.3, -0.25) is 14.9 Å². The van der Waals surface area contributed by atoms with Gasteiger partial charge in [-0.2, -0.15) is 5.10 Å². The van der Waals surface area contributed by atoms with E-state index in [4.69, 9.17) is 9.05 Å². The van der Waals surface area contributed by atoms with Gasteiger partial charge in [0.25, 0.3) is 5.69 Å². The molecule has 3 rings (SSSR count). The van der Waals surface area contributed by atoms with Crippen molar-refractivity contribution in [1.29, 1.82) is 0 Å². The van der Waals surface area contributed by atoms with Crippen LogP contribution in [-0.2, 0) is 4.57 Å². The smallest absolute Gasteiger partial charge is 0.418 e. The predicted molar refractivity (Wildman–Crippen MR) is 89.4 cm³/mol. The average molecular weight is 361 g/mol. The third-order valence-electron chi connectivity index (χ3n) is 3.29. The first-order valence-corrected chi connectivity index (χ1v) is 8.29. The zero-order valence-electron chi connectivity index (χ0n) is 12.9. The highest BCUT2D eigenvalue weighted by Gasteiger charge is 2.10. The van der Waals surface area contributed by atoms with Crippen molar-refractivity contribution in [2.75, 3.05) is 0 Å². The number of rotatable bonds is 5. The van der Waals surface area contributed by atoms with Gasteiger partial charge in [0.05, 0.1) is 16.6 Å². The summed E-state index contributed by atoms with van der Waals surface area (Å²) in [5.41, 5.74) is 0.511. The van der Waals surface area contributed by atoms with Gasteiger partial charge in [-0.25, -0.2) is 9.25 Å². The van der Waals surface area contributed by atoms with E-state index in [-0.39, 0.29) is 17.3 Å². The van der Waals surface area contributed by atoms with Crippen molar-refractivity contribution in [3.8, 4) is 11.5 Å². The zero-order valence-corrected chi connectivity index (χ0v) is 13.9. The fourth-order valence-electron chi connectivity index (χ4n) is 2.17. The van der Waals surface area contributed by atoms with Crippen molar-refractivity contribution in [2.24, 2.45) is 0 Å². The van der Waals surface area contributed by atoms with Crippen molar-refractivity contribution in [3.05, 3.63) is 58.8 Å². The molecule has 1 atom stereocenters. The lowest BCUT2D eigenvalue weighted by atomic mass is 10.2. The van der Waals surface area contributed by atoms with Crippen LogP contribution in [0.3, 0.4) is 0 Å². The molecule has 3 aromatic rings. The summed E-state index contributed by atoms with van der Waals surface area (Å²) in [5.74, 6) is 0.264. The van der Waals surface area contributed by atoms with Crippen molar-refractivity contribution in [1.82, 2.24) is 9.78 Å². The summed E-state index contributed by atoms with van der Waals surface area (Å²) in [6.45, 7) is 1.40. The van der Waals surface area contributed by atoms with Crippen molar-refractivity contribution >= 4 is 30.8 Å². The van der Waals surface area contributed by atoms with Gasteiger partial charge < -0.3 is 9.05 Å². The summed E-state index contributed by atoms with van der Waals surface area (Å²) in [4.78, 5) is 21.5. The molecule has 0 saturated heterocycles. The van der Waals surface area contributed by atoms with Gasteiger partial charge in [-0.05, 0) is 30.3 Å². The Morgan fingerprint density at radius 3 is 2.44 bits per heavy atom. The predicted octanol–water partition coefficient (Wildman–Crippen LogP) is 3.45. The molecule has 1 aromatic heterocycles. The standard InChI is InChI=1S/C15H12N3O6P/c1-10(19)17-15-7-6-14(8-11(15)9-16-17)24-25(22)23-13-4-2-12(3-5-13)18(20)21/h2-9,25H,1H3. The van der Waals surface area contributed by atoms with Gasteiger partial charge in [-0.1, -0.05) is 0 Å². The first-order chi connectivity index (χ1) is 11.9. The molecule has 1 unspecified atom stereocenters. The van der Waals surface area contributed by atoms with E-state index in [1.165, 1.54) is 42.1 Å². The highest BCUT2D eigenvalue weighted by molar-refractivity contribution is 7.34. The second kappa shape index (κ2) is 6.74. The lowest BCUT2D eigenvalue weighted by Crippen LogP contribution is -2.06. The lowest BCUT2D eigenvalue weighted by Gasteiger charge is -2.08. The fourth-order valence-corrected chi connectivity index (χ4v) is 2.86. The number of nitrogens with zero attached hydrogens (tertiary/aromatic N) is 3. The lowest BCUT2D eigenvalue weighted by molar-refractivity contribution is -0.384. The molecule has 0 aliphatic carbocycles. The minimum absolute atomic E-state index is 0.0964. The summed E-state index contributed by atoms with van der Waals surface area (Å²) in [5, 5.41) is 15.2. The van der Waals surface area contributed by atoms with Crippen molar-refractivity contribution < 1.29 is 23.3 Å². The minimum atomic E-state index is -2.92. The van der Waals surface area contributed by atoms with Crippen LogP contribution in [0, 0.1) is 10.1 Å². The molecule has 0 aliphatic rings. The molecular formula is C15H12N3O6P. The molecule has 0 amide bonds. The summed E-state index contributed by atoms with van der Waals surface area (Å²) < 4.78 is 23.6. The number of fused-ring (bicyclic) bond motifs is 1. The second-order valence-corrected chi connectivity index (χ2v) is 5.91. The SMILES string of the molecule is CC(=O)n1ncc2cc(O[PH](=O)Oc3ccc([N+](=O)[O-])cc3)ccc21. The number of hydrogen-bond donors (Lipinski definition) is 0. The number of carbonyl (C=O) groups is 1. The topological polar surface area (TPSA) is 114 Å². The summed E-state index contributed by atoms with van der Waals surface area (Å²) in [7, 11) is -2.92. The monoisotopic (exact) mass is 361 g/mol. The van der Waals surface area contributed by atoms with Crippen LogP contribution < -0.4 is 9.05 Å². The number of nitro groups is 1. The van der Waals surface area contributed by atoms with Crippen LogP contribution in [0.5, 0.6) is 11.5 Å². The maximum atomic E-state index is 12.0. The molecular weight excluding hydrogens is 349 g/mol. The Morgan fingerprint density at radius 2 is 1.80 bits per heavy atom. The van der Waals surface area contributed by atoms with Gasteiger partial charge >= 0.3 is 8.25 Å². The van der Waals surface area contributed by atoms with E-state index < -0.39 is 13.2 Å². The van der Waals surface area contributed by atoms with Crippen LogP contribution in [0.25, 0.3) is 10.9 Å². The Labute approximate surface area is 141 Å². The Morgan fingerprint density at radius 1 is 1.16 bits per heavy atom. The van der Waals surface area contributed by atoms with Crippen molar-refractivity contribution in [2.45, 2.75) is 6.92 Å². The summed E-state index contributed by atoms with van der Waals surface area (Å²) in [6, 6.07) is 9.92. The molecule has 0 N–H and O–H groups in total. The average Bonchev–Trinajstić information content (AvgIpc) is 2.98. The van der Waals surface area contributed by atoms with E-state index in [1.807, 2.05) is 0 Å². The molecule has 10 heteroatoms. The normalized spacial score (nSPS) is 11.9. The van der Waals surface area contributed by atoms with E-state index in [1.54, 1.807) is 18.2 Å². The van der Waals surface area contributed by atoms with Crippen LogP contribution in [0.2, 0.25) is 0 Å². The number of nitro benzene ring substituents is 1. The van der Waals surface area contributed by atoms with Gasteiger partial charge in [0.2, 0.25) is 5.91 Å². The quantitative estimate of drug-likeness (QED) is 0.388. The largest absolute Gasteiger partial charge is 0.418 e. The molecule has 0 saturated carbocycles. The first-order valence-electron chi connectivity index (χ1n) is 7.07. The van der Waals surface area contributed by atoms with Gasteiger partial charge in [0.15, 0.2) is 0 Å². The molecule has 1 heterocycles. The minimum Gasteiger partial charge on any atom is -0.418 e. The van der Waals surface area contributed by atoms with E-state index >= 15 is 0 Å². The zero-order chi connectivity index (χ0) is 18.0. The van der Waals surface area contributed by atoms with Crippen LogP contribution in [-0.4, -0.2) is 20.6 Å². The van der Waals surface area contributed by atoms with Crippen LogP contribution in [0.4, 0.5) is 5.69 Å². The van der Waals surface area contributed by atoms with E-state index in [0.717, 1.165) is 0 Å². The van der Waals surface area contributed by atoms with Crippen LogP contribution in [0.15, 0.2) is 48.7 Å². The third-order valence-corrected chi connectivity index (χ3v) is 4.09. The van der Waals surface area contributed by atoms with E-state index in [2.05, 4.69) is 5.10 Å². The fraction of sp³-hybridized carbons (Fsp3) is 0.0667. The first kappa shape index (κ1) is 16.7. The molecule has 0 fully saturated rings. The Bertz CT molecular complexity index is 983. The van der Waals surface area contributed by atoms with Gasteiger partial charge in [0.1, 0.15) is 11.5 Å². The van der Waals surface area contributed by atoms with Crippen LogP contribution in [0.1, 0.15) is 11.7 Å². The second-order valence-electron chi connectivity index (χ2n) is 5.00. The molecule has 0 bridgehead atoms. The Hall–Kier alpha value is -3.19. The molecule has 25 heavy (non-hydrogen) atoms. The molecule has 0 radical (unpaired) electrons. The van der Waals surface area contributed by atoms with Gasteiger partial charge in [-0.15, -0.1) is 0 Å².